The Hall–Kier alpha value is -2.10. The summed E-state index contributed by atoms with van der Waals surface area (Å²) in [5.41, 5.74) is 2.93. The smallest absolute Gasteiger partial charge is 0.196 e. The van der Waals surface area contributed by atoms with Crippen LogP contribution in [0.5, 0.6) is 0 Å². The molecular formula is C17H19N3O. The SMILES string of the molecule is CC1(C)CCCN(c2ncnc3c2oc2ccccc23)C1. The first-order valence-corrected chi connectivity index (χ1v) is 7.51. The van der Waals surface area contributed by atoms with E-state index in [1.54, 1.807) is 6.33 Å². The van der Waals surface area contributed by atoms with Crippen molar-refractivity contribution < 1.29 is 4.42 Å². The molecule has 0 radical (unpaired) electrons. The van der Waals surface area contributed by atoms with Crippen LogP contribution in [0.3, 0.4) is 0 Å². The second-order valence-electron chi connectivity index (χ2n) is 6.66. The average Bonchev–Trinajstić information content (AvgIpc) is 2.84. The first-order valence-electron chi connectivity index (χ1n) is 7.51. The van der Waals surface area contributed by atoms with Crippen LogP contribution in [0.15, 0.2) is 35.0 Å². The van der Waals surface area contributed by atoms with Gasteiger partial charge in [-0.3, -0.25) is 0 Å². The maximum absolute atomic E-state index is 6.04. The first-order chi connectivity index (χ1) is 10.1. The molecule has 1 aliphatic rings. The van der Waals surface area contributed by atoms with Crippen LogP contribution >= 0.6 is 0 Å². The van der Waals surface area contributed by atoms with Crippen LogP contribution < -0.4 is 4.90 Å². The first kappa shape index (κ1) is 12.6. The van der Waals surface area contributed by atoms with Crippen LogP contribution in [0.4, 0.5) is 5.82 Å². The third-order valence-electron chi connectivity index (χ3n) is 4.34. The van der Waals surface area contributed by atoms with E-state index < -0.39 is 0 Å². The van der Waals surface area contributed by atoms with Gasteiger partial charge in [0, 0.05) is 18.5 Å². The summed E-state index contributed by atoms with van der Waals surface area (Å²) in [5.74, 6) is 0.934. The fourth-order valence-electron chi connectivity index (χ4n) is 3.34. The van der Waals surface area contributed by atoms with Crippen molar-refractivity contribution in [1.29, 1.82) is 0 Å². The van der Waals surface area contributed by atoms with Crippen molar-refractivity contribution in [1.82, 2.24) is 9.97 Å². The number of hydrogen-bond acceptors (Lipinski definition) is 4. The van der Waals surface area contributed by atoms with Crippen LogP contribution in [-0.4, -0.2) is 23.1 Å². The lowest BCUT2D eigenvalue weighted by molar-refractivity contribution is 0.292. The number of fused-ring (bicyclic) bond motifs is 3. The average molecular weight is 281 g/mol. The molecule has 0 bridgehead atoms. The fraction of sp³-hybridized carbons (Fsp3) is 0.412. The molecule has 0 atom stereocenters. The van der Waals surface area contributed by atoms with Gasteiger partial charge in [0.2, 0.25) is 0 Å². The standard InChI is InChI=1S/C17H19N3O/c1-17(2)8-5-9-20(10-17)16-15-14(18-11-19-16)12-6-3-4-7-13(12)21-15/h3-4,6-7,11H,5,8-10H2,1-2H3. The largest absolute Gasteiger partial charge is 0.450 e. The third-order valence-corrected chi connectivity index (χ3v) is 4.34. The maximum atomic E-state index is 6.04. The highest BCUT2D eigenvalue weighted by Crippen LogP contribution is 2.36. The molecule has 0 spiro atoms. The van der Waals surface area contributed by atoms with E-state index in [4.69, 9.17) is 4.42 Å². The molecular weight excluding hydrogens is 262 g/mol. The van der Waals surface area contributed by atoms with Crippen LogP contribution in [0.2, 0.25) is 0 Å². The van der Waals surface area contributed by atoms with Gasteiger partial charge in [-0.05, 0) is 30.4 Å². The number of aromatic nitrogens is 2. The zero-order valence-electron chi connectivity index (χ0n) is 12.5. The van der Waals surface area contributed by atoms with E-state index in [0.29, 0.717) is 5.41 Å². The summed E-state index contributed by atoms with van der Waals surface area (Å²) in [4.78, 5) is 11.3. The Labute approximate surface area is 123 Å². The molecule has 3 heterocycles. The van der Waals surface area contributed by atoms with E-state index in [1.165, 1.54) is 12.8 Å². The Morgan fingerprint density at radius 2 is 2.05 bits per heavy atom. The molecule has 1 saturated heterocycles. The highest BCUT2D eigenvalue weighted by molar-refractivity contribution is 6.05. The Balaban J connectivity index is 1.89. The third kappa shape index (κ3) is 2.06. The molecule has 0 aliphatic carbocycles. The Bertz CT molecular complexity index is 806. The predicted molar refractivity (Wildman–Crippen MR) is 84.5 cm³/mol. The number of benzene rings is 1. The lowest BCUT2D eigenvalue weighted by atomic mass is 9.84. The van der Waals surface area contributed by atoms with E-state index in [0.717, 1.165) is 41.0 Å². The number of hydrogen-bond donors (Lipinski definition) is 0. The minimum absolute atomic E-state index is 0.321. The van der Waals surface area contributed by atoms with Crippen molar-refractivity contribution in [3.8, 4) is 0 Å². The number of piperidine rings is 1. The minimum Gasteiger partial charge on any atom is -0.450 e. The zero-order chi connectivity index (χ0) is 14.4. The van der Waals surface area contributed by atoms with Crippen LogP contribution in [0, 0.1) is 5.41 Å². The van der Waals surface area contributed by atoms with Gasteiger partial charge >= 0.3 is 0 Å². The molecule has 0 saturated carbocycles. The Morgan fingerprint density at radius 3 is 2.90 bits per heavy atom. The number of nitrogens with zero attached hydrogens (tertiary/aromatic N) is 3. The minimum atomic E-state index is 0.321. The molecule has 1 aromatic carbocycles. The zero-order valence-corrected chi connectivity index (χ0v) is 12.5. The summed E-state index contributed by atoms with van der Waals surface area (Å²) in [6.45, 7) is 6.68. The van der Waals surface area contributed by atoms with Crippen LogP contribution in [-0.2, 0) is 0 Å². The number of para-hydroxylation sites is 1. The topological polar surface area (TPSA) is 42.2 Å². The molecule has 3 aromatic rings. The molecule has 1 fully saturated rings. The van der Waals surface area contributed by atoms with Gasteiger partial charge in [0.25, 0.3) is 0 Å². The highest BCUT2D eigenvalue weighted by Gasteiger charge is 2.29. The molecule has 4 nitrogen and oxygen atoms in total. The van der Waals surface area contributed by atoms with Crippen molar-refractivity contribution in [3.63, 3.8) is 0 Å². The molecule has 4 rings (SSSR count). The summed E-state index contributed by atoms with van der Waals surface area (Å²) < 4.78 is 6.04. The van der Waals surface area contributed by atoms with E-state index in [9.17, 15) is 0 Å². The molecule has 21 heavy (non-hydrogen) atoms. The van der Waals surface area contributed by atoms with Gasteiger partial charge in [-0.25, -0.2) is 9.97 Å². The van der Waals surface area contributed by atoms with Gasteiger partial charge in [-0.2, -0.15) is 0 Å². The fourth-order valence-corrected chi connectivity index (χ4v) is 3.34. The Morgan fingerprint density at radius 1 is 1.19 bits per heavy atom. The van der Waals surface area contributed by atoms with Crippen LogP contribution in [0.1, 0.15) is 26.7 Å². The normalized spacial score (nSPS) is 18.5. The van der Waals surface area contributed by atoms with Crippen molar-refractivity contribution in [2.45, 2.75) is 26.7 Å². The van der Waals surface area contributed by atoms with Gasteiger partial charge in [0.15, 0.2) is 11.4 Å². The maximum Gasteiger partial charge on any atom is 0.196 e. The van der Waals surface area contributed by atoms with Crippen molar-refractivity contribution in [2.75, 3.05) is 18.0 Å². The predicted octanol–water partition coefficient (Wildman–Crippen LogP) is 4.00. The van der Waals surface area contributed by atoms with E-state index in [1.807, 2.05) is 18.2 Å². The quantitative estimate of drug-likeness (QED) is 0.676. The van der Waals surface area contributed by atoms with E-state index in [-0.39, 0.29) is 0 Å². The molecule has 108 valence electrons. The number of furan rings is 1. The monoisotopic (exact) mass is 281 g/mol. The van der Waals surface area contributed by atoms with Gasteiger partial charge < -0.3 is 9.32 Å². The van der Waals surface area contributed by atoms with Crippen LogP contribution in [0.25, 0.3) is 22.1 Å². The molecule has 0 unspecified atom stereocenters. The summed E-state index contributed by atoms with van der Waals surface area (Å²) in [5, 5.41) is 1.06. The molecule has 2 aromatic heterocycles. The highest BCUT2D eigenvalue weighted by atomic mass is 16.3. The lowest BCUT2D eigenvalue weighted by Gasteiger charge is -2.38. The second-order valence-corrected chi connectivity index (χ2v) is 6.66. The molecule has 1 aliphatic heterocycles. The summed E-state index contributed by atoms with van der Waals surface area (Å²) in [6, 6.07) is 8.05. The van der Waals surface area contributed by atoms with Crippen molar-refractivity contribution in [2.24, 2.45) is 5.41 Å². The summed E-state index contributed by atoms with van der Waals surface area (Å²) in [6.07, 6.45) is 4.11. The lowest BCUT2D eigenvalue weighted by Crippen LogP contribution is -2.40. The summed E-state index contributed by atoms with van der Waals surface area (Å²) in [7, 11) is 0. The van der Waals surface area contributed by atoms with Crippen molar-refractivity contribution in [3.05, 3.63) is 30.6 Å². The van der Waals surface area contributed by atoms with E-state index in [2.05, 4.69) is 34.8 Å². The van der Waals surface area contributed by atoms with Gasteiger partial charge in [-0.1, -0.05) is 26.0 Å². The number of anilines is 1. The molecule has 4 heteroatoms. The van der Waals surface area contributed by atoms with Crippen molar-refractivity contribution >= 4 is 27.9 Å². The Kier molecular flexibility index (Phi) is 2.67. The van der Waals surface area contributed by atoms with Gasteiger partial charge in [-0.15, -0.1) is 0 Å². The summed E-state index contributed by atoms with van der Waals surface area (Å²) >= 11 is 0. The van der Waals surface area contributed by atoms with Gasteiger partial charge in [0.05, 0.1) is 0 Å². The molecule has 0 N–H and O–H groups in total. The second kappa shape index (κ2) is 4.45. The number of rotatable bonds is 1. The van der Waals surface area contributed by atoms with Gasteiger partial charge in [0.1, 0.15) is 17.4 Å². The van der Waals surface area contributed by atoms with E-state index >= 15 is 0 Å². The molecule has 0 amide bonds.